The molecule has 23 heavy (non-hydrogen) atoms. The Balaban J connectivity index is 1.77. The van der Waals surface area contributed by atoms with Gasteiger partial charge in [-0.05, 0) is 24.1 Å². The molecule has 7 nitrogen and oxygen atoms in total. The van der Waals surface area contributed by atoms with Crippen LogP contribution in [0.3, 0.4) is 0 Å². The third-order valence-corrected chi connectivity index (χ3v) is 3.86. The summed E-state index contributed by atoms with van der Waals surface area (Å²) in [4.78, 5) is 34.4. The number of rotatable bonds is 5. The van der Waals surface area contributed by atoms with Gasteiger partial charge in [0.15, 0.2) is 5.76 Å². The Kier molecular flexibility index (Phi) is 3.92. The molecule has 0 radical (unpaired) electrons. The molecule has 0 spiro atoms. The van der Waals surface area contributed by atoms with Gasteiger partial charge in [-0.1, -0.05) is 12.1 Å². The molecule has 1 fully saturated rings. The molecular weight excluding hydrogens is 302 g/mol. The van der Waals surface area contributed by atoms with Crippen molar-refractivity contribution in [2.24, 2.45) is 11.8 Å². The van der Waals surface area contributed by atoms with Gasteiger partial charge in [-0.2, -0.15) is 0 Å². The van der Waals surface area contributed by atoms with Gasteiger partial charge >= 0.3 is 5.97 Å². The zero-order valence-corrected chi connectivity index (χ0v) is 12.0. The predicted molar refractivity (Wildman–Crippen MR) is 77.8 cm³/mol. The molecule has 2 aromatic rings. The van der Waals surface area contributed by atoms with Crippen molar-refractivity contribution in [3.8, 4) is 0 Å². The molecule has 1 aliphatic rings. The highest BCUT2D eigenvalue weighted by molar-refractivity contribution is 6.08. The Morgan fingerprint density at radius 2 is 2.00 bits per heavy atom. The minimum atomic E-state index is -0.906. The first-order chi connectivity index (χ1) is 11.1. The van der Waals surface area contributed by atoms with Gasteiger partial charge in [-0.3, -0.25) is 19.7 Å². The Morgan fingerprint density at radius 3 is 2.61 bits per heavy atom. The molecular formula is C16H13NO6. The van der Waals surface area contributed by atoms with Gasteiger partial charge in [-0.25, -0.2) is 0 Å². The standard InChI is InChI=1S/C16H13NO6/c18-15(13-2-1-7-22-13)14-11(9-23-16(14)19)8-10-3-5-12(6-4-10)17(20)21/h1-7,11,14H,8-9H2/t11-,14-/m0/s1. The molecule has 7 heteroatoms. The minimum absolute atomic E-state index is 0.00397. The lowest BCUT2D eigenvalue weighted by atomic mass is 9.85. The van der Waals surface area contributed by atoms with Crippen LogP contribution in [0.4, 0.5) is 5.69 Å². The van der Waals surface area contributed by atoms with Gasteiger partial charge in [0.05, 0.1) is 17.8 Å². The van der Waals surface area contributed by atoms with Gasteiger partial charge in [0, 0.05) is 18.1 Å². The van der Waals surface area contributed by atoms with Gasteiger partial charge in [-0.15, -0.1) is 0 Å². The number of non-ortho nitro benzene ring substituents is 1. The van der Waals surface area contributed by atoms with E-state index in [9.17, 15) is 19.7 Å². The number of cyclic esters (lactones) is 1. The van der Waals surface area contributed by atoms with Gasteiger partial charge in [0.2, 0.25) is 5.78 Å². The lowest BCUT2D eigenvalue weighted by Gasteiger charge is -2.13. The van der Waals surface area contributed by atoms with Crippen molar-refractivity contribution in [3.05, 3.63) is 64.1 Å². The highest BCUT2D eigenvalue weighted by Gasteiger charge is 2.43. The van der Waals surface area contributed by atoms with E-state index in [-0.39, 0.29) is 24.0 Å². The normalized spacial score (nSPS) is 20.3. The zero-order valence-electron chi connectivity index (χ0n) is 12.0. The van der Waals surface area contributed by atoms with Crippen LogP contribution >= 0.6 is 0 Å². The van der Waals surface area contributed by atoms with Gasteiger partial charge in [0.1, 0.15) is 5.92 Å². The number of furan rings is 1. The van der Waals surface area contributed by atoms with Gasteiger partial charge in [0.25, 0.3) is 5.69 Å². The van der Waals surface area contributed by atoms with E-state index < -0.39 is 22.6 Å². The number of carbonyl (C=O) groups excluding carboxylic acids is 2. The number of nitrogens with zero attached hydrogens (tertiary/aromatic N) is 1. The van der Waals surface area contributed by atoms with Crippen molar-refractivity contribution in [1.29, 1.82) is 0 Å². The van der Waals surface area contributed by atoms with E-state index in [0.29, 0.717) is 6.42 Å². The fourth-order valence-electron chi connectivity index (χ4n) is 2.69. The van der Waals surface area contributed by atoms with E-state index in [4.69, 9.17) is 9.15 Å². The molecule has 1 aromatic heterocycles. The number of ketones is 1. The number of ether oxygens (including phenoxy) is 1. The number of esters is 1. The molecule has 2 atom stereocenters. The van der Waals surface area contributed by atoms with Gasteiger partial charge < -0.3 is 9.15 Å². The van der Waals surface area contributed by atoms with Crippen LogP contribution in [0.5, 0.6) is 0 Å². The average molecular weight is 315 g/mol. The molecule has 0 amide bonds. The lowest BCUT2D eigenvalue weighted by molar-refractivity contribution is -0.384. The summed E-state index contributed by atoms with van der Waals surface area (Å²) < 4.78 is 10.1. The fraction of sp³-hybridized carbons (Fsp3) is 0.250. The molecule has 118 valence electrons. The van der Waals surface area contributed by atoms with E-state index in [0.717, 1.165) is 5.56 Å². The van der Waals surface area contributed by atoms with Crippen LogP contribution in [-0.2, 0) is 16.0 Å². The Hall–Kier alpha value is -2.96. The van der Waals surface area contributed by atoms with E-state index in [2.05, 4.69) is 0 Å². The van der Waals surface area contributed by atoms with Crippen LogP contribution in [0, 0.1) is 22.0 Å². The number of hydrogen-bond donors (Lipinski definition) is 0. The molecule has 0 unspecified atom stereocenters. The van der Waals surface area contributed by atoms with Crippen LogP contribution in [-0.4, -0.2) is 23.3 Å². The van der Waals surface area contributed by atoms with Crippen molar-refractivity contribution in [3.63, 3.8) is 0 Å². The van der Waals surface area contributed by atoms with E-state index in [1.807, 2.05) is 0 Å². The summed E-state index contributed by atoms with van der Waals surface area (Å²) in [7, 11) is 0. The SMILES string of the molecule is O=C1OC[C@H](Cc2ccc([N+](=O)[O-])cc2)[C@H]1C(=O)c1ccco1. The first-order valence-electron chi connectivity index (χ1n) is 7.04. The zero-order chi connectivity index (χ0) is 16.4. The van der Waals surface area contributed by atoms with Crippen molar-refractivity contribution in [2.45, 2.75) is 6.42 Å². The Bertz CT molecular complexity index is 734. The monoisotopic (exact) mass is 315 g/mol. The van der Waals surface area contributed by atoms with E-state index in [1.165, 1.54) is 24.5 Å². The molecule has 0 bridgehead atoms. The second-order valence-electron chi connectivity index (χ2n) is 5.34. The topological polar surface area (TPSA) is 99.6 Å². The molecule has 2 heterocycles. The molecule has 0 saturated carbocycles. The molecule has 3 rings (SSSR count). The molecule has 0 aliphatic carbocycles. The van der Waals surface area contributed by atoms with Crippen LogP contribution < -0.4 is 0 Å². The molecule has 1 aliphatic heterocycles. The maximum absolute atomic E-state index is 12.4. The summed E-state index contributed by atoms with van der Waals surface area (Å²) in [5, 5.41) is 10.7. The van der Waals surface area contributed by atoms with E-state index in [1.54, 1.807) is 18.2 Å². The van der Waals surface area contributed by atoms with Crippen molar-refractivity contribution in [2.75, 3.05) is 6.61 Å². The summed E-state index contributed by atoms with van der Waals surface area (Å²) in [5.41, 5.74) is 0.798. The summed E-state index contributed by atoms with van der Waals surface area (Å²) in [6.07, 6.45) is 1.79. The number of Topliss-reactive ketones (excluding diaryl/α,β-unsaturated/α-hetero) is 1. The summed E-state index contributed by atoms with van der Waals surface area (Å²) in [6.45, 7) is 0.146. The first kappa shape index (κ1) is 15.0. The summed E-state index contributed by atoms with van der Waals surface area (Å²) >= 11 is 0. The minimum Gasteiger partial charge on any atom is -0.465 e. The Labute approximate surface area is 131 Å². The van der Waals surface area contributed by atoms with Crippen LogP contribution in [0.1, 0.15) is 16.1 Å². The van der Waals surface area contributed by atoms with Crippen molar-refractivity contribution < 1.29 is 23.7 Å². The van der Waals surface area contributed by atoms with Crippen molar-refractivity contribution >= 4 is 17.4 Å². The molecule has 1 saturated heterocycles. The highest BCUT2D eigenvalue weighted by atomic mass is 16.6. The summed E-state index contributed by atoms with van der Waals surface area (Å²) in [6, 6.07) is 9.13. The van der Waals surface area contributed by atoms with Crippen LogP contribution in [0.25, 0.3) is 0 Å². The lowest BCUT2D eigenvalue weighted by Crippen LogP contribution is -2.27. The number of nitro benzene ring substituents is 1. The largest absolute Gasteiger partial charge is 0.465 e. The quantitative estimate of drug-likeness (QED) is 0.276. The second kappa shape index (κ2) is 6.04. The molecule has 1 aromatic carbocycles. The highest BCUT2D eigenvalue weighted by Crippen LogP contribution is 2.29. The number of nitro groups is 1. The van der Waals surface area contributed by atoms with E-state index >= 15 is 0 Å². The maximum atomic E-state index is 12.4. The third kappa shape index (κ3) is 2.98. The van der Waals surface area contributed by atoms with Crippen LogP contribution in [0.2, 0.25) is 0 Å². The van der Waals surface area contributed by atoms with Crippen molar-refractivity contribution in [1.82, 2.24) is 0 Å². The molecule has 0 N–H and O–H groups in total. The average Bonchev–Trinajstić information content (AvgIpc) is 3.18. The number of hydrogen-bond acceptors (Lipinski definition) is 6. The van der Waals surface area contributed by atoms with Crippen LogP contribution in [0.15, 0.2) is 47.1 Å². The fourth-order valence-corrected chi connectivity index (χ4v) is 2.69. The second-order valence-corrected chi connectivity index (χ2v) is 5.34. The number of benzene rings is 1. The number of carbonyl (C=O) groups is 2. The first-order valence-corrected chi connectivity index (χ1v) is 7.04. The Morgan fingerprint density at radius 1 is 1.26 bits per heavy atom. The smallest absolute Gasteiger partial charge is 0.317 e. The third-order valence-electron chi connectivity index (χ3n) is 3.86. The predicted octanol–water partition coefficient (Wildman–Crippen LogP) is 2.40. The summed E-state index contributed by atoms with van der Waals surface area (Å²) in [5.74, 6) is -2.05. The maximum Gasteiger partial charge on any atom is 0.317 e.